The fourth-order valence-corrected chi connectivity index (χ4v) is 2.70. The molecule has 0 spiro atoms. The van der Waals surface area contributed by atoms with Gasteiger partial charge in [-0.05, 0) is 33.6 Å². The van der Waals surface area contributed by atoms with E-state index in [0.717, 1.165) is 5.56 Å². The predicted octanol–water partition coefficient (Wildman–Crippen LogP) is 4.48. The van der Waals surface area contributed by atoms with Gasteiger partial charge in [0.25, 0.3) is 5.69 Å². The molecule has 0 unspecified atom stereocenters. The molecule has 0 amide bonds. The van der Waals surface area contributed by atoms with Crippen molar-refractivity contribution in [2.75, 3.05) is 0 Å². The molecule has 5 nitrogen and oxygen atoms in total. The molecule has 3 rings (SSSR count). The number of hydrogen-bond donors (Lipinski definition) is 0. The highest BCUT2D eigenvalue weighted by Gasteiger charge is 2.18. The van der Waals surface area contributed by atoms with Crippen molar-refractivity contribution in [3.05, 3.63) is 74.9 Å². The van der Waals surface area contributed by atoms with Crippen LogP contribution in [0.1, 0.15) is 5.56 Å². The number of rotatable bonds is 4. The van der Waals surface area contributed by atoms with E-state index in [0.29, 0.717) is 27.7 Å². The first kappa shape index (κ1) is 14.5. The van der Waals surface area contributed by atoms with Gasteiger partial charge in [0.2, 0.25) is 0 Å². The van der Waals surface area contributed by atoms with Crippen molar-refractivity contribution in [2.45, 2.75) is 6.61 Å². The monoisotopic (exact) mass is 358 g/mol. The Morgan fingerprint density at radius 1 is 1.14 bits per heavy atom. The molecule has 110 valence electrons. The smallest absolute Gasteiger partial charge is 0.295 e. The molecule has 0 fully saturated rings. The molecule has 1 heterocycles. The summed E-state index contributed by atoms with van der Waals surface area (Å²) in [5, 5.41) is 11.7. The Kier molecular flexibility index (Phi) is 4.02. The van der Waals surface area contributed by atoms with Crippen LogP contribution in [-0.4, -0.2) is 9.91 Å². The Balaban J connectivity index is 2.03. The van der Waals surface area contributed by atoms with Crippen molar-refractivity contribution in [3.8, 4) is 5.75 Å². The molecule has 0 atom stereocenters. The van der Waals surface area contributed by atoms with Crippen molar-refractivity contribution in [3.63, 3.8) is 0 Å². The Morgan fingerprint density at radius 3 is 2.64 bits per heavy atom. The highest BCUT2D eigenvalue weighted by molar-refractivity contribution is 9.10. The van der Waals surface area contributed by atoms with E-state index in [1.165, 1.54) is 12.3 Å². The van der Waals surface area contributed by atoms with Crippen LogP contribution in [0.25, 0.3) is 10.9 Å². The maximum atomic E-state index is 11.1. The largest absolute Gasteiger partial charge is 0.488 e. The van der Waals surface area contributed by atoms with E-state index in [4.69, 9.17) is 4.74 Å². The zero-order chi connectivity index (χ0) is 15.5. The van der Waals surface area contributed by atoms with Gasteiger partial charge in [-0.25, -0.2) is 4.98 Å². The SMILES string of the molecule is O=[N+]([O-])c1ccc(Br)c2c(OCc3ccccc3)ccnc12. The molecule has 22 heavy (non-hydrogen) atoms. The quantitative estimate of drug-likeness (QED) is 0.509. The maximum Gasteiger partial charge on any atom is 0.295 e. The van der Waals surface area contributed by atoms with Gasteiger partial charge in [0.05, 0.1) is 10.3 Å². The molecule has 0 saturated carbocycles. The maximum absolute atomic E-state index is 11.1. The minimum absolute atomic E-state index is 0.0386. The van der Waals surface area contributed by atoms with E-state index in [2.05, 4.69) is 20.9 Å². The van der Waals surface area contributed by atoms with Crippen LogP contribution in [0.2, 0.25) is 0 Å². The average molecular weight is 359 g/mol. The fourth-order valence-electron chi connectivity index (χ4n) is 2.19. The van der Waals surface area contributed by atoms with Crippen molar-refractivity contribution >= 4 is 32.5 Å². The lowest BCUT2D eigenvalue weighted by Crippen LogP contribution is -1.98. The number of aromatic nitrogens is 1. The summed E-state index contributed by atoms with van der Waals surface area (Å²) in [5.41, 5.74) is 1.29. The molecule has 0 N–H and O–H groups in total. The summed E-state index contributed by atoms with van der Waals surface area (Å²) in [7, 11) is 0. The zero-order valence-corrected chi connectivity index (χ0v) is 13.0. The van der Waals surface area contributed by atoms with Crippen LogP contribution in [0.15, 0.2) is 59.2 Å². The zero-order valence-electron chi connectivity index (χ0n) is 11.4. The number of non-ortho nitro benzene ring substituents is 1. The Morgan fingerprint density at radius 2 is 1.91 bits per heavy atom. The molecule has 0 bridgehead atoms. The van der Waals surface area contributed by atoms with Gasteiger partial charge >= 0.3 is 0 Å². The van der Waals surface area contributed by atoms with Crippen LogP contribution in [-0.2, 0) is 6.61 Å². The topological polar surface area (TPSA) is 65.3 Å². The first-order valence-electron chi connectivity index (χ1n) is 6.55. The number of fused-ring (bicyclic) bond motifs is 1. The summed E-state index contributed by atoms with van der Waals surface area (Å²) in [6, 6.07) is 14.5. The van der Waals surface area contributed by atoms with E-state index in [-0.39, 0.29) is 5.69 Å². The Labute approximate surface area is 134 Å². The molecule has 0 aliphatic carbocycles. The van der Waals surface area contributed by atoms with Gasteiger partial charge < -0.3 is 4.74 Å². The normalized spacial score (nSPS) is 10.6. The van der Waals surface area contributed by atoms with Gasteiger partial charge in [0.15, 0.2) is 5.52 Å². The third kappa shape index (κ3) is 2.78. The van der Waals surface area contributed by atoms with E-state index in [9.17, 15) is 10.1 Å². The highest BCUT2D eigenvalue weighted by atomic mass is 79.9. The summed E-state index contributed by atoms with van der Waals surface area (Å²) in [6.45, 7) is 0.384. The Bertz CT molecular complexity index is 837. The molecule has 1 aromatic heterocycles. The number of nitro groups is 1. The highest BCUT2D eigenvalue weighted by Crippen LogP contribution is 2.36. The molecule has 0 aliphatic rings. The average Bonchev–Trinajstić information content (AvgIpc) is 2.54. The second-order valence-electron chi connectivity index (χ2n) is 4.63. The summed E-state index contributed by atoms with van der Waals surface area (Å²) in [4.78, 5) is 14.8. The lowest BCUT2D eigenvalue weighted by molar-refractivity contribution is -0.383. The van der Waals surface area contributed by atoms with Crippen molar-refractivity contribution in [2.24, 2.45) is 0 Å². The van der Waals surface area contributed by atoms with Gasteiger partial charge in [-0.2, -0.15) is 0 Å². The first-order valence-corrected chi connectivity index (χ1v) is 7.34. The van der Waals surface area contributed by atoms with E-state index in [1.807, 2.05) is 30.3 Å². The number of benzene rings is 2. The lowest BCUT2D eigenvalue weighted by Gasteiger charge is -2.10. The van der Waals surface area contributed by atoms with Crippen LogP contribution in [0.4, 0.5) is 5.69 Å². The number of halogens is 1. The van der Waals surface area contributed by atoms with Gasteiger partial charge in [0.1, 0.15) is 12.4 Å². The number of nitrogens with zero attached hydrogens (tertiary/aromatic N) is 2. The van der Waals surface area contributed by atoms with Crippen LogP contribution in [0.3, 0.4) is 0 Å². The molecule has 0 radical (unpaired) electrons. The molecule has 3 aromatic rings. The molecular formula is C16H11BrN2O3. The third-order valence-electron chi connectivity index (χ3n) is 3.22. The van der Waals surface area contributed by atoms with Gasteiger partial charge in [-0.1, -0.05) is 30.3 Å². The van der Waals surface area contributed by atoms with Gasteiger partial charge in [-0.3, -0.25) is 10.1 Å². The summed E-state index contributed by atoms with van der Waals surface area (Å²) >= 11 is 3.41. The van der Waals surface area contributed by atoms with Crippen LogP contribution in [0.5, 0.6) is 5.75 Å². The molecular weight excluding hydrogens is 348 g/mol. The van der Waals surface area contributed by atoms with Crippen LogP contribution < -0.4 is 4.74 Å². The molecule has 6 heteroatoms. The van der Waals surface area contributed by atoms with Crippen molar-refractivity contribution in [1.29, 1.82) is 0 Å². The summed E-state index contributed by atoms with van der Waals surface area (Å²) in [5.74, 6) is 0.560. The standard InChI is InChI=1S/C16H11BrN2O3/c17-12-6-7-13(19(20)21)16-15(12)14(8-9-18-16)22-10-11-4-2-1-3-5-11/h1-9H,10H2. The lowest BCUT2D eigenvalue weighted by atomic mass is 10.1. The molecule has 0 aliphatic heterocycles. The van der Waals surface area contributed by atoms with Gasteiger partial charge in [-0.15, -0.1) is 0 Å². The number of pyridine rings is 1. The van der Waals surface area contributed by atoms with E-state index < -0.39 is 4.92 Å². The van der Waals surface area contributed by atoms with Crippen LogP contribution >= 0.6 is 15.9 Å². The van der Waals surface area contributed by atoms with E-state index >= 15 is 0 Å². The fraction of sp³-hybridized carbons (Fsp3) is 0.0625. The van der Waals surface area contributed by atoms with Crippen molar-refractivity contribution in [1.82, 2.24) is 4.98 Å². The van der Waals surface area contributed by atoms with Crippen LogP contribution in [0, 0.1) is 10.1 Å². The molecule has 0 saturated heterocycles. The number of nitro benzene ring substituents is 1. The third-order valence-corrected chi connectivity index (χ3v) is 3.88. The van der Waals surface area contributed by atoms with Gasteiger partial charge in [0, 0.05) is 16.7 Å². The van der Waals surface area contributed by atoms with Crippen molar-refractivity contribution < 1.29 is 9.66 Å². The summed E-state index contributed by atoms with van der Waals surface area (Å²) in [6.07, 6.45) is 1.52. The minimum atomic E-state index is -0.442. The molecule has 2 aromatic carbocycles. The number of ether oxygens (including phenoxy) is 1. The Hall–Kier alpha value is -2.47. The minimum Gasteiger partial charge on any atom is -0.488 e. The summed E-state index contributed by atoms with van der Waals surface area (Å²) < 4.78 is 6.54. The van der Waals surface area contributed by atoms with E-state index in [1.54, 1.807) is 12.1 Å². The predicted molar refractivity (Wildman–Crippen MR) is 86.9 cm³/mol. The second-order valence-corrected chi connectivity index (χ2v) is 5.48. The second kappa shape index (κ2) is 6.11. The first-order chi connectivity index (χ1) is 10.7. The number of hydrogen-bond acceptors (Lipinski definition) is 4.